The Labute approximate surface area is 109 Å². The van der Waals surface area contributed by atoms with E-state index in [2.05, 4.69) is 12.2 Å². The molecule has 1 fully saturated rings. The Morgan fingerprint density at radius 2 is 2.00 bits per heavy atom. The Balaban J connectivity index is 1.95. The zero-order chi connectivity index (χ0) is 12.3. The van der Waals surface area contributed by atoms with Gasteiger partial charge in [0.25, 0.3) is 0 Å². The third-order valence-corrected chi connectivity index (χ3v) is 4.17. The summed E-state index contributed by atoms with van der Waals surface area (Å²) in [5, 5.41) is 4.16. The summed E-state index contributed by atoms with van der Waals surface area (Å²) < 4.78 is 0. The average Bonchev–Trinajstić information content (AvgIpc) is 2.36. The van der Waals surface area contributed by atoms with Crippen molar-refractivity contribution in [2.45, 2.75) is 45.1 Å². The van der Waals surface area contributed by atoms with E-state index in [1.165, 1.54) is 32.1 Å². The maximum Gasteiger partial charge on any atom is 0.0739 e. The van der Waals surface area contributed by atoms with E-state index in [-0.39, 0.29) is 0 Å². The van der Waals surface area contributed by atoms with Crippen molar-refractivity contribution in [3.05, 3.63) is 23.2 Å². The van der Waals surface area contributed by atoms with Crippen molar-refractivity contribution in [1.82, 2.24) is 0 Å². The molecule has 3 heteroatoms. The summed E-state index contributed by atoms with van der Waals surface area (Å²) in [5.41, 5.74) is 7.62. The van der Waals surface area contributed by atoms with Gasteiger partial charge in [0.1, 0.15) is 0 Å². The highest BCUT2D eigenvalue weighted by molar-refractivity contribution is 6.33. The second kappa shape index (κ2) is 5.63. The minimum Gasteiger partial charge on any atom is -0.396 e. The molecule has 3 N–H and O–H groups in total. The van der Waals surface area contributed by atoms with E-state index >= 15 is 0 Å². The maximum absolute atomic E-state index is 6.01. The lowest BCUT2D eigenvalue weighted by molar-refractivity contribution is 0.330. The summed E-state index contributed by atoms with van der Waals surface area (Å²) >= 11 is 6.01. The molecule has 0 amide bonds. The zero-order valence-corrected chi connectivity index (χ0v) is 11.1. The number of nitrogens with two attached hydrogens (primary N) is 1. The van der Waals surface area contributed by atoms with Crippen LogP contribution in [0.2, 0.25) is 5.02 Å². The number of anilines is 2. The van der Waals surface area contributed by atoms with Crippen molar-refractivity contribution >= 4 is 23.0 Å². The van der Waals surface area contributed by atoms with Crippen LogP contribution in [0.25, 0.3) is 0 Å². The highest BCUT2D eigenvalue weighted by Gasteiger charge is 2.20. The molecule has 1 aromatic rings. The molecule has 0 radical (unpaired) electrons. The minimum absolute atomic E-state index is 0.554. The van der Waals surface area contributed by atoms with Crippen molar-refractivity contribution in [2.24, 2.45) is 5.92 Å². The van der Waals surface area contributed by atoms with Crippen LogP contribution in [0.3, 0.4) is 0 Å². The van der Waals surface area contributed by atoms with E-state index in [1.54, 1.807) is 0 Å². The Hall–Kier alpha value is -0.890. The van der Waals surface area contributed by atoms with Crippen molar-refractivity contribution in [3.63, 3.8) is 0 Å². The number of nitrogen functional groups attached to an aromatic ring is 1. The summed E-state index contributed by atoms with van der Waals surface area (Å²) in [5.74, 6) is 0.921. The topological polar surface area (TPSA) is 38.0 Å². The molecule has 2 nitrogen and oxygen atoms in total. The first-order valence-electron chi connectivity index (χ1n) is 6.51. The van der Waals surface area contributed by atoms with Gasteiger partial charge in [-0.2, -0.15) is 0 Å². The SMILES string of the molecule is CCC1CCC(Nc2cccc(Cl)c2N)CC1. The smallest absolute Gasteiger partial charge is 0.0739 e. The van der Waals surface area contributed by atoms with E-state index in [0.29, 0.717) is 16.8 Å². The van der Waals surface area contributed by atoms with Gasteiger partial charge in [-0.05, 0) is 43.7 Å². The van der Waals surface area contributed by atoms with Crippen LogP contribution in [-0.2, 0) is 0 Å². The molecular weight excluding hydrogens is 232 g/mol. The van der Waals surface area contributed by atoms with Gasteiger partial charge in [-0.15, -0.1) is 0 Å². The predicted octanol–water partition coefficient (Wildman–Crippen LogP) is 4.30. The molecule has 17 heavy (non-hydrogen) atoms. The molecule has 1 aromatic carbocycles. The first kappa shape index (κ1) is 12.6. The highest BCUT2D eigenvalue weighted by Crippen LogP contribution is 2.32. The summed E-state index contributed by atoms with van der Waals surface area (Å²) in [6.07, 6.45) is 6.45. The van der Waals surface area contributed by atoms with Crippen molar-refractivity contribution in [2.75, 3.05) is 11.1 Å². The average molecular weight is 253 g/mol. The molecule has 0 saturated heterocycles. The van der Waals surface area contributed by atoms with Gasteiger partial charge in [-0.1, -0.05) is 31.0 Å². The summed E-state index contributed by atoms with van der Waals surface area (Å²) in [7, 11) is 0. The molecular formula is C14H21ClN2. The van der Waals surface area contributed by atoms with E-state index in [9.17, 15) is 0 Å². The van der Waals surface area contributed by atoms with E-state index in [0.717, 1.165) is 11.6 Å². The molecule has 2 rings (SSSR count). The Morgan fingerprint density at radius 3 is 2.65 bits per heavy atom. The first-order chi connectivity index (χ1) is 8.20. The molecule has 0 aromatic heterocycles. The van der Waals surface area contributed by atoms with Gasteiger partial charge in [0.15, 0.2) is 0 Å². The maximum atomic E-state index is 6.01. The molecule has 0 heterocycles. The standard InChI is InChI=1S/C14H21ClN2/c1-2-10-6-8-11(9-7-10)17-13-5-3-4-12(15)14(13)16/h3-5,10-11,17H,2,6-9,16H2,1H3. The lowest BCUT2D eigenvalue weighted by atomic mass is 9.84. The van der Waals surface area contributed by atoms with Crippen LogP contribution in [0.5, 0.6) is 0 Å². The lowest BCUT2D eigenvalue weighted by Gasteiger charge is -2.29. The van der Waals surface area contributed by atoms with Crippen LogP contribution in [0.1, 0.15) is 39.0 Å². The summed E-state index contributed by atoms with van der Waals surface area (Å²) in [6.45, 7) is 2.29. The monoisotopic (exact) mass is 252 g/mol. The van der Waals surface area contributed by atoms with Crippen LogP contribution in [0.15, 0.2) is 18.2 Å². The van der Waals surface area contributed by atoms with Gasteiger partial charge in [0.2, 0.25) is 0 Å². The summed E-state index contributed by atoms with van der Waals surface area (Å²) in [4.78, 5) is 0. The Kier molecular flexibility index (Phi) is 4.16. The number of para-hydroxylation sites is 1. The third kappa shape index (κ3) is 3.06. The number of benzene rings is 1. The van der Waals surface area contributed by atoms with Crippen molar-refractivity contribution in [3.8, 4) is 0 Å². The van der Waals surface area contributed by atoms with Gasteiger partial charge < -0.3 is 11.1 Å². The van der Waals surface area contributed by atoms with E-state index in [1.807, 2.05) is 18.2 Å². The number of rotatable bonds is 3. The molecule has 0 atom stereocenters. The third-order valence-electron chi connectivity index (χ3n) is 3.84. The van der Waals surface area contributed by atoms with Crippen LogP contribution in [0.4, 0.5) is 11.4 Å². The normalized spacial score (nSPS) is 24.6. The molecule has 0 unspecified atom stereocenters. The summed E-state index contributed by atoms with van der Waals surface area (Å²) in [6, 6.07) is 6.33. The van der Waals surface area contributed by atoms with Gasteiger partial charge in [0.05, 0.1) is 16.4 Å². The molecule has 1 saturated carbocycles. The number of hydrogen-bond donors (Lipinski definition) is 2. The lowest BCUT2D eigenvalue weighted by Crippen LogP contribution is -2.26. The Morgan fingerprint density at radius 1 is 1.29 bits per heavy atom. The van der Waals surface area contributed by atoms with Gasteiger partial charge >= 0.3 is 0 Å². The van der Waals surface area contributed by atoms with Crippen LogP contribution in [-0.4, -0.2) is 6.04 Å². The highest BCUT2D eigenvalue weighted by atomic mass is 35.5. The second-order valence-corrected chi connectivity index (χ2v) is 5.38. The van der Waals surface area contributed by atoms with Gasteiger partial charge in [-0.25, -0.2) is 0 Å². The van der Waals surface area contributed by atoms with E-state index < -0.39 is 0 Å². The molecule has 0 bridgehead atoms. The number of hydrogen-bond acceptors (Lipinski definition) is 2. The van der Waals surface area contributed by atoms with Crippen LogP contribution >= 0.6 is 11.6 Å². The minimum atomic E-state index is 0.554. The molecule has 94 valence electrons. The van der Waals surface area contributed by atoms with Crippen LogP contribution < -0.4 is 11.1 Å². The number of nitrogens with one attached hydrogen (secondary N) is 1. The van der Waals surface area contributed by atoms with Gasteiger partial charge in [0, 0.05) is 6.04 Å². The molecule has 1 aliphatic carbocycles. The zero-order valence-electron chi connectivity index (χ0n) is 10.4. The fourth-order valence-corrected chi connectivity index (χ4v) is 2.77. The van der Waals surface area contributed by atoms with Crippen molar-refractivity contribution < 1.29 is 0 Å². The van der Waals surface area contributed by atoms with E-state index in [4.69, 9.17) is 17.3 Å². The largest absolute Gasteiger partial charge is 0.396 e. The number of halogens is 1. The fourth-order valence-electron chi connectivity index (χ4n) is 2.60. The molecule has 0 spiro atoms. The second-order valence-electron chi connectivity index (χ2n) is 4.97. The molecule has 1 aliphatic rings. The van der Waals surface area contributed by atoms with Crippen molar-refractivity contribution in [1.29, 1.82) is 0 Å². The quantitative estimate of drug-likeness (QED) is 0.787. The fraction of sp³-hybridized carbons (Fsp3) is 0.571. The van der Waals surface area contributed by atoms with Crippen LogP contribution in [0, 0.1) is 5.92 Å². The Bertz CT molecular complexity index is 370. The predicted molar refractivity (Wildman–Crippen MR) is 75.5 cm³/mol. The first-order valence-corrected chi connectivity index (χ1v) is 6.89. The molecule has 0 aliphatic heterocycles. The van der Waals surface area contributed by atoms with Gasteiger partial charge in [-0.3, -0.25) is 0 Å².